The van der Waals surface area contributed by atoms with E-state index in [-0.39, 0.29) is 11.5 Å². The van der Waals surface area contributed by atoms with Crippen LogP contribution in [0.25, 0.3) is 0 Å². The third-order valence-electron chi connectivity index (χ3n) is 1.80. The molecule has 0 aliphatic carbocycles. The molecular weight excluding hydrogens is 240 g/mol. The first-order valence-electron chi connectivity index (χ1n) is 4.24. The summed E-state index contributed by atoms with van der Waals surface area (Å²) in [5.41, 5.74) is 0. The van der Waals surface area contributed by atoms with Crippen LogP contribution in [-0.4, -0.2) is 56.1 Å². The summed E-state index contributed by atoms with van der Waals surface area (Å²) in [5, 5.41) is 36.0. The van der Waals surface area contributed by atoms with Gasteiger partial charge in [0.1, 0.15) is 6.10 Å². The summed E-state index contributed by atoms with van der Waals surface area (Å²) in [6, 6.07) is 0. The minimum Gasteiger partial charge on any atom is -0.505 e. The maximum absolute atomic E-state index is 10.8. The van der Waals surface area contributed by atoms with Crippen molar-refractivity contribution in [3.8, 4) is 0 Å². The Morgan fingerprint density at radius 2 is 2.12 bits per heavy atom. The highest BCUT2D eigenvalue weighted by Gasteiger charge is 2.39. The first kappa shape index (κ1) is 12.7. The lowest BCUT2D eigenvalue weighted by Gasteiger charge is -2.16. The summed E-state index contributed by atoms with van der Waals surface area (Å²) in [4.78, 5) is 21.0. The number of aliphatic hydroxyl groups excluding tert-OH is 3. The smallest absolute Gasteiger partial charge is 0.377 e. The summed E-state index contributed by atoms with van der Waals surface area (Å²) in [7, 11) is 0. The van der Waals surface area contributed by atoms with E-state index in [0.29, 0.717) is 0 Å². The normalized spacial score (nSPS) is 22.1. The molecule has 1 heterocycles. The summed E-state index contributed by atoms with van der Waals surface area (Å²) in [6.07, 6.45) is -2.59. The molecule has 0 fully saturated rings. The molecule has 0 aromatic rings. The van der Waals surface area contributed by atoms with Crippen molar-refractivity contribution in [3.63, 3.8) is 0 Å². The third-order valence-corrected chi connectivity index (χ3v) is 2.83. The van der Waals surface area contributed by atoms with Crippen molar-refractivity contribution in [2.45, 2.75) is 12.2 Å². The predicted octanol–water partition coefficient (Wildman–Crippen LogP) is -0.582. The van der Waals surface area contributed by atoms with Crippen molar-refractivity contribution in [2.24, 2.45) is 0 Å². The van der Waals surface area contributed by atoms with Crippen LogP contribution in [0.1, 0.15) is 0 Å². The molecule has 0 unspecified atom stereocenters. The molecule has 0 saturated carbocycles. The van der Waals surface area contributed by atoms with Crippen molar-refractivity contribution in [3.05, 3.63) is 11.5 Å². The van der Waals surface area contributed by atoms with Gasteiger partial charge < -0.3 is 25.2 Å². The number of esters is 1. The number of carboxylic acids is 1. The Morgan fingerprint density at radius 1 is 1.50 bits per heavy atom. The summed E-state index contributed by atoms with van der Waals surface area (Å²) >= 11 is 0.905. The van der Waals surface area contributed by atoms with Crippen LogP contribution >= 0.6 is 11.8 Å². The molecule has 1 aliphatic heterocycles. The molecule has 90 valence electrons. The minimum atomic E-state index is -1.33. The molecule has 4 N–H and O–H groups in total. The van der Waals surface area contributed by atoms with Crippen LogP contribution in [0.4, 0.5) is 0 Å². The average molecular weight is 250 g/mol. The van der Waals surface area contributed by atoms with Gasteiger partial charge in [0.15, 0.2) is 11.9 Å². The van der Waals surface area contributed by atoms with Gasteiger partial charge in [-0.2, -0.15) is 0 Å². The topological polar surface area (TPSA) is 124 Å². The lowest BCUT2D eigenvalue weighted by molar-refractivity contribution is -0.146. The van der Waals surface area contributed by atoms with E-state index in [1.54, 1.807) is 0 Å². The molecule has 0 amide bonds. The van der Waals surface area contributed by atoms with Gasteiger partial charge >= 0.3 is 11.9 Å². The van der Waals surface area contributed by atoms with Crippen molar-refractivity contribution in [1.29, 1.82) is 0 Å². The van der Waals surface area contributed by atoms with Gasteiger partial charge in [0.05, 0.1) is 5.75 Å². The van der Waals surface area contributed by atoms with Crippen LogP contribution in [0, 0.1) is 0 Å². The Kier molecular flexibility index (Phi) is 4.02. The highest BCUT2D eigenvalue weighted by molar-refractivity contribution is 7.99. The number of carboxylic acid groups (broad SMARTS) is 1. The maximum atomic E-state index is 10.8. The SMILES string of the molecule is O=C(O)CSC[C@H](O)[C@H]1OC(=O)C(O)=C1O. The van der Waals surface area contributed by atoms with Gasteiger partial charge in [-0.05, 0) is 0 Å². The number of hydrogen-bond donors (Lipinski definition) is 4. The zero-order chi connectivity index (χ0) is 12.3. The van der Waals surface area contributed by atoms with Crippen molar-refractivity contribution >= 4 is 23.7 Å². The number of aliphatic hydroxyl groups is 3. The van der Waals surface area contributed by atoms with Gasteiger partial charge in [-0.3, -0.25) is 4.79 Å². The number of cyclic esters (lactones) is 1. The average Bonchev–Trinajstić information content (AvgIpc) is 2.45. The standard InChI is InChI=1S/C8H10O7S/c9-3(1-16-2-4(10)11)7-5(12)6(13)8(14)15-7/h3,7,9,12-13H,1-2H2,(H,10,11)/t3-,7+/m0/s1. The first-order valence-corrected chi connectivity index (χ1v) is 5.39. The quantitative estimate of drug-likeness (QED) is 0.477. The van der Waals surface area contributed by atoms with Gasteiger partial charge in [0.2, 0.25) is 5.76 Å². The van der Waals surface area contributed by atoms with Crippen LogP contribution in [0.3, 0.4) is 0 Å². The number of rotatable bonds is 5. The second kappa shape index (κ2) is 5.08. The summed E-state index contributed by atoms with van der Waals surface area (Å²) < 4.78 is 4.48. The molecule has 0 bridgehead atoms. The van der Waals surface area contributed by atoms with Crippen molar-refractivity contribution in [2.75, 3.05) is 11.5 Å². The van der Waals surface area contributed by atoms with E-state index < -0.39 is 35.7 Å². The Balaban J connectivity index is 2.47. The third kappa shape index (κ3) is 2.80. The van der Waals surface area contributed by atoms with Crippen molar-refractivity contribution in [1.82, 2.24) is 0 Å². The largest absolute Gasteiger partial charge is 0.505 e. The monoisotopic (exact) mass is 250 g/mol. The molecule has 16 heavy (non-hydrogen) atoms. The molecule has 2 atom stereocenters. The zero-order valence-electron chi connectivity index (χ0n) is 7.99. The molecule has 1 aliphatic rings. The van der Waals surface area contributed by atoms with Gasteiger partial charge in [-0.1, -0.05) is 0 Å². The molecule has 0 aromatic heterocycles. The molecule has 0 radical (unpaired) electrons. The van der Waals surface area contributed by atoms with E-state index in [2.05, 4.69) is 4.74 Å². The summed E-state index contributed by atoms with van der Waals surface area (Å²) in [5.74, 6) is -4.05. The Morgan fingerprint density at radius 3 is 2.56 bits per heavy atom. The van der Waals surface area contributed by atoms with Gasteiger partial charge in [0.25, 0.3) is 0 Å². The van der Waals surface area contributed by atoms with E-state index in [1.165, 1.54) is 0 Å². The summed E-state index contributed by atoms with van der Waals surface area (Å²) in [6.45, 7) is 0. The van der Waals surface area contributed by atoms with E-state index in [0.717, 1.165) is 11.8 Å². The van der Waals surface area contributed by atoms with Gasteiger partial charge in [-0.15, -0.1) is 11.8 Å². The second-order valence-electron chi connectivity index (χ2n) is 3.04. The predicted molar refractivity (Wildman–Crippen MR) is 53.1 cm³/mol. The van der Waals surface area contributed by atoms with E-state index in [9.17, 15) is 19.8 Å². The van der Waals surface area contributed by atoms with E-state index in [4.69, 9.17) is 10.2 Å². The van der Waals surface area contributed by atoms with Crippen LogP contribution < -0.4 is 0 Å². The zero-order valence-corrected chi connectivity index (χ0v) is 8.81. The van der Waals surface area contributed by atoms with Crippen LogP contribution in [0.5, 0.6) is 0 Å². The fraction of sp³-hybridized carbons (Fsp3) is 0.500. The van der Waals surface area contributed by atoms with E-state index >= 15 is 0 Å². The lowest BCUT2D eigenvalue weighted by Crippen LogP contribution is -2.31. The fourth-order valence-corrected chi connectivity index (χ4v) is 1.79. The molecule has 1 rings (SSSR count). The molecule has 8 heteroatoms. The van der Waals surface area contributed by atoms with Crippen LogP contribution in [-0.2, 0) is 14.3 Å². The number of thioether (sulfide) groups is 1. The van der Waals surface area contributed by atoms with Gasteiger partial charge in [0, 0.05) is 5.75 Å². The molecule has 0 aromatic carbocycles. The Bertz CT molecular complexity index is 337. The Hall–Kier alpha value is -1.41. The molecule has 7 nitrogen and oxygen atoms in total. The fourth-order valence-electron chi connectivity index (χ4n) is 1.08. The highest BCUT2D eigenvalue weighted by Crippen LogP contribution is 2.23. The number of ether oxygens (including phenoxy) is 1. The molecule has 0 saturated heterocycles. The molecular formula is C8H10O7S. The number of aliphatic carboxylic acids is 1. The Labute approximate surface area is 94.3 Å². The van der Waals surface area contributed by atoms with Crippen LogP contribution in [0.2, 0.25) is 0 Å². The number of carbonyl (C=O) groups excluding carboxylic acids is 1. The van der Waals surface area contributed by atoms with E-state index in [1.807, 2.05) is 0 Å². The second-order valence-corrected chi connectivity index (χ2v) is 4.07. The number of hydrogen-bond acceptors (Lipinski definition) is 7. The van der Waals surface area contributed by atoms with Gasteiger partial charge in [-0.25, -0.2) is 4.79 Å². The first-order chi connectivity index (χ1) is 7.43. The van der Waals surface area contributed by atoms with Crippen LogP contribution in [0.15, 0.2) is 11.5 Å². The number of carbonyl (C=O) groups is 2. The van der Waals surface area contributed by atoms with Crippen molar-refractivity contribution < 1.29 is 34.8 Å². The maximum Gasteiger partial charge on any atom is 0.377 e. The molecule has 0 spiro atoms. The minimum absolute atomic E-state index is 0.0401. The highest BCUT2D eigenvalue weighted by atomic mass is 32.2. The lowest BCUT2D eigenvalue weighted by atomic mass is 10.2.